The van der Waals surface area contributed by atoms with Gasteiger partial charge in [0.2, 0.25) is 10.3 Å². The van der Waals surface area contributed by atoms with E-state index in [9.17, 15) is 20.7 Å². The van der Waals surface area contributed by atoms with Crippen LogP contribution in [0.3, 0.4) is 0 Å². The summed E-state index contributed by atoms with van der Waals surface area (Å²) < 4.78 is 48.1. The van der Waals surface area contributed by atoms with E-state index in [1.807, 2.05) is 0 Å². The zero-order valence-electron chi connectivity index (χ0n) is 3.40. The molecule has 48 valence electrons. The van der Waals surface area contributed by atoms with Crippen LogP contribution in [0.25, 0.3) is 0 Å². The molecule has 0 spiro atoms. The van der Waals surface area contributed by atoms with E-state index in [2.05, 4.69) is 0 Å². The lowest BCUT2D eigenvalue weighted by Gasteiger charge is -1.67. The summed E-state index contributed by atoms with van der Waals surface area (Å²) in [6.45, 7) is 0. The average molecular weight is 160 g/mol. The molecule has 0 aliphatic heterocycles. The molecule has 0 rings (SSSR count). The Balaban J connectivity index is 4.93. The third kappa shape index (κ3) is 5.57. The number of rotatable bonds is 1. The van der Waals surface area contributed by atoms with Crippen LogP contribution in [0.15, 0.2) is 0 Å². The van der Waals surface area contributed by atoms with Gasteiger partial charge in [0, 0.05) is 0 Å². The normalized spacial score (nSPS) is 10.6. The van der Waals surface area contributed by atoms with Crippen LogP contribution >= 0.6 is 0 Å². The van der Waals surface area contributed by atoms with Crippen molar-refractivity contribution in [2.75, 3.05) is 0 Å². The molecule has 0 atom stereocenters. The van der Waals surface area contributed by atoms with Crippen LogP contribution in [0.5, 0.6) is 0 Å². The highest BCUT2D eigenvalue weighted by Crippen LogP contribution is 1.79. The fourth-order valence-electron chi connectivity index (χ4n) is 0.0938. The molecular weight excluding hydrogens is 159 g/mol. The van der Waals surface area contributed by atoms with Gasteiger partial charge in [-0.05, 0) is 0 Å². The molecule has 8 heavy (non-hydrogen) atoms. The SMILES string of the molecule is O=S(=O)=CS(=O)(=O)F. The Kier molecular flexibility index (Phi) is 2.11. The first-order valence-electron chi connectivity index (χ1n) is 1.29. The Hall–Kier alpha value is -0.430. The Bertz CT molecular complexity index is 272. The molecule has 0 heterocycles. The molecule has 0 saturated carbocycles. The van der Waals surface area contributed by atoms with Crippen molar-refractivity contribution < 1.29 is 20.7 Å². The van der Waals surface area contributed by atoms with Crippen molar-refractivity contribution in [3.63, 3.8) is 0 Å². The van der Waals surface area contributed by atoms with Crippen LogP contribution in [0.4, 0.5) is 3.89 Å². The molecule has 7 heteroatoms. The van der Waals surface area contributed by atoms with E-state index in [1.54, 1.807) is 0 Å². The maximum atomic E-state index is 11.2. The third-order valence-corrected chi connectivity index (χ3v) is 1.74. The van der Waals surface area contributed by atoms with E-state index in [0.717, 1.165) is 0 Å². The van der Waals surface area contributed by atoms with Crippen LogP contribution in [0.1, 0.15) is 0 Å². The van der Waals surface area contributed by atoms with E-state index in [0.29, 0.717) is 0 Å². The van der Waals surface area contributed by atoms with Crippen molar-refractivity contribution in [3.8, 4) is 0 Å². The summed E-state index contributed by atoms with van der Waals surface area (Å²) in [7, 11) is -7.93. The molecule has 0 bridgehead atoms. The van der Waals surface area contributed by atoms with Crippen LogP contribution < -0.4 is 0 Å². The molecular formula is CHFO4S2. The maximum absolute atomic E-state index is 11.2. The Morgan fingerprint density at radius 2 is 1.75 bits per heavy atom. The van der Waals surface area contributed by atoms with Crippen LogP contribution in [0.2, 0.25) is 0 Å². The summed E-state index contributed by atoms with van der Waals surface area (Å²) in [5, 5.41) is 0. The van der Waals surface area contributed by atoms with Crippen LogP contribution in [-0.4, -0.2) is 21.5 Å². The predicted molar refractivity (Wildman–Crippen MR) is 25.0 cm³/mol. The van der Waals surface area contributed by atoms with Crippen molar-refractivity contribution in [2.24, 2.45) is 0 Å². The van der Waals surface area contributed by atoms with E-state index in [1.165, 1.54) is 0 Å². The first kappa shape index (κ1) is 7.57. The molecule has 0 amide bonds. The molecule has 0 fully saturated rings. The molecule has 0 N–H and O–H groups in total. The largest absolute Gasteiger partial charge is 0.340 e. The van der Waals surface area contributed by atoms with Gasteiger partial charge in [-0.15, -0.1) is 0 Å². The molecule has 4 nitrogen and oxygen atoms in total. The summed E-state index contributed by atoms with van der Waals surface area (Å²) >= 11 is 0. The van der Waals surface area contributed by atoms with Gasteiger partial charge < -0.3 is 0 Å². The third-order valence-electron chi connectivity index (χ3n) is 0.194. The summed E-state index contributed by atoms with van der Waals surface area (Å²) in [5.41, 5.74) is 0. The first-order valence-corrected chi connectivity index (χ1v) is 3.88. The van der Waals surface area contributed by atoms with Crippen molar-refractivity contribution in [1.29, 1.82) is 0 Å². The first-order chi connectivity index (χ1) is 3.42. The lowest BCUT2D eigenvalue weighted by Crippen LogP contribution is -1.89. The second kappa shape index (κ2) is 2.23. The minimum Gasteiger partial charge on any atom is -0.189 e. The smallest absolute Gasteiger partial charge is 0.189 e. The van der Waals surface area contributed by atoms with Gasteiger partial charge in [0.05, 0.1) is 0 Å². The Morgan fingerprint density at radius 3 is 1.75 bits per heavy atom. The Morgan fingerprint density at radius 1 is 1.38 bits per heavy atom. The van der Waals surface area contributed by atoms with Crippen LogP contribution in [-0.2, 0) is 20.5 Å². The maximum Gasteiger partial charge on any atom is 0.340 e. The van der Waals surface area contributed by atoms with Gasteiger partial charge in [0.25, 0.3) is 0 Å². The highest BCUT2D eigenvalue weighted by molar-refractivity contribution is 8.09. The summed E-state index contributed by atoms with van der Waals surface area (Å²) in [4.78, 5) is 0. The highest BCUT2D eigenvalue weighted by atomic mass is 32.3. The molecule has 0 saturated heterocycles. The fourth-order valence-corrected chi connectivity index (χ4v) is 0.845. The standard InChI is InChI=1S/CHFO4S2/c2-8(5,6)1-7(3)4/h1H. The van der Waals surface area contributed by atoms with Crippen molar-refractivity contribution >= 4 is 25.2 Å². The van der Waals surface area contributed by atoms with E-state index in [4.69, 9.17) is 0 Å². The molecule has 0 radical (unpaired) electrons. The van der Waals surface area contributed by atoms with Crippen molar-refractivity contribution in [1.82, 2.24) is 0 Å². The van der Waals surface area contributed by atoms with Gasteiger partial charge in [0.15, 0.2) is 4.70 Å². The van der Waals surface area contributed by atoms with Crippen molar-refractivity contribution in [3.05, 3.63) is 0 Å². The minimum absolute atomic E-state index is 0.424. The molecule has 0 aromatic heterocycles. The molecule has 0 unspecified atom stereocenters. The molecule has 0 aromatic carbocycles. The second-order valence-corrected chi connectivity index (χ2v) is 3.07. The second-order valence-electron chi connectivity index (χ2n) is 0.832. The lowest BCUT2D eigenvalue weighted by atomic mass is 11.9. The number of hydrogen-bond donors (Lipinski definition) is 0. The van der Waals surface area contributed by atoms with Gasteiger partial charge in [-0.3, -0.25) is 0 Å². The number of hydrogen-bond acceptors (Lipinski definition) is 4. The topological polar surface area (TPSA) is 68.3 Å². The van der Waals surface area contributed by atoms with Gasteiger partial charge in [0.1, 0.15) is 0 Å². The van der Waals surface area contributed by atoms with E-state index < -0.39 is 25.2 Å². The van der Waals surface area contributed by atoms with E-state index in [-0.39, 0.29) is 0 Å². The van der Waals surface area contributed by atoms with Gasteiger partial charge >= 0.3 is 10.2 Å². The van der Waals surface area contributed by atoms with E-state index >= 15 is 0 Å². The fraction of sp³-hybridized carbons (Fsp3) is 0. The van der Waals surface area contributed by atoms with Gasteiger partial charge in [-0.1, -0.05) is 3.89 Å². The molecule has 0 aromatic rings. The minimum atomic E-state index is -4.96. The summed E-state index contributed by atoms with van der Waals surface area (Å²) in [5.74, 6) is 0. The zero-order valence-corrected chi connectivity index (χ0v) is 5.04. The summed E-state index contributed by atoms with van der Waals surface area (Å²) in [6.07, 6.45) is 0. The predicted octanol–water partition coefficient (Wildman–Crippen LogP) is -1.08. The van der Waals surface area contributed by atoms with Crippen molar-refractivity contribution in [2.45, 2.75) is 0 Å². The highest BCUT2D eigenvalue weighted by Gasteiger charge is 1.99. The van der Waals surface area contributed by atoms with Gasteiger partial charge in [-0.2, -0.15) is 16.8 Å². The lowest BCUT2D eigenvalue weighted by molar-refractivity contribution is 0.568. The van der Waals surface area contributed by atoms with Gasteiger partial charge in [-0.25, -0.2) is 0 Å². The quantitative estimate of drug-likeness (QED) is 0.361. The zero-order chi connectivity index (χ0) is 6.78. The number of halogens is 1. The average Bonchev–Trinajstić information content (AvgIpc) is 1.21. The Labute approximate surface area is 46.7 Å². The monoisotopic (exact) mass is 160 g/mol. The summed E-state index contributed by atoms with van der Waals surface area (Å²) in [6, 6.07) is 0. The van der Waals surface area contributed by atoms with Crippen LogP contribution in [0, 0.1) is 0 Å². The molecule has 0 aliphatic rings. The molecule has 0 aliphatic carbocycles.